The van der Waals surface area contributed by atoms with Crippen molar-refractivity contribution in [2.45, 2.75) is 77.0 Å². The normalized spacial score (nSPS) is 14.1. The number of fused-ring (bicyclic) bond motifs is 35. The zero-order valence-corrected chi connectivity index (χ0v) is 84.0. The van der Waals surface area contributed by atoms with Crippen LogP contribution in [0.3, 0.4) is 0 Å². The molecule has 0 bridgehead atoms. The van der Waals surface area contributed by atoms with Crippen molar-refractivity contribution in [3.05, 3.63) is 463 Å². The van der Waals surface area contributed by atoms with Gasteiger partial charge < -0.3 is 4.42 Å². The topological polar surface area (TPSA) is 105 Å². The first-order valence-electron chi connectivity index (χ1n) is 51.6. The summed E-state index contributed by atoms with van der Waals surface area (Å²) in [6, 6.07) is 152. The summed E-state index contributed by atoms with van der Waals surface area (Å²) < 4.78 is 15.9. The fraction of sp³-hybridized carbons (Fsp3) is 0.0870. The quantitative estimate of drug-likeness (QED) is 0.163. The van der Waals surface area contributed by atoms with Crippen molar-refractivity contribution in [1.29, 1.82) is 0 Å². The van der Waals surface area contributed by atoms with Crippen LogP contribution in [0.5, 0.6) is 0 Å². The Kier molecular flexibility index (Phi) is 17.9. The summed E-state index contributed by atoms with van der Waals surface area (Å²) in [5.74, 6) is 2.02. The molecule has 0 saturated heterocycles. The highest BCUT2D eigenvalue weighted by atomic mass is 32.1. The molecule has 8 heterocycles. The zero-order valence-electron chi connectivity index (χ0n) is 83.2. The molecular formula is C138H93N9OS. The van der Waals surface area contributed by atoms with Gasteiger partial charge in [-0.25, -0.2) is 29.9 Å². The van der Waals surface area contributed by atoms with Crippen LogP contribution in [0.2, 0.25) is 0 Å². The van der Waals surface area contributed by atoms with E-state index < -0.39 is 0 Å². The number of thiophene rings is 1. The van der Waals surface area contributed by atoms with E-state index in [-0.39, 0.29) is 21.7 Å². The Bertz CT molecular complexity index is 10500. The number of furan rings is 1. The van der Waals surface area contributed by atoms with Gasteiger partial charge in [-0.3, -0.25) is 13.7 Å². The highest BCUT2D eigenvalue weighted by Gasteiger charge is 2.44. The number of hydrogen-bond acceptors (Lipinski definition) is 8. The lowest BCUT2D eigenvalue weighted by atomic mass is 9.80. The first-order valence-corrected chi connectivity index (χ1v) is 52.4. The number of rotatable bonds is 6. The Hall–Kier alpha value is -18.2. The van der Waals surface area contributed by atoms with E-state index in [1.54, 1.807) is 11.3 Å². The zero-order chi connectivity index (χ0) is 99.1. The van der Waals surface area contributed by atoms with Gasteiger partial charge in [0.1, 0.15) is 16.8 Å². The van der Waals surface area contributed by atoms with E-state index in [4.69, 9.17) is 34.3 Å². The smallest absolute Gasteiger partial charge is 0.236 e. The Morgan fingerprint density at radius 3 is 1.00 bits per heavy atom. The molecule has 0 atom stereocenters. The first-order chi connectivity index (χ1) is 72.9. The maximum Gasteiger partial charge on any atom is 0.236 e. The number of para-hydroxylation sites is 1. The van der Waals surface area contributed by atoms with Gasteiger partial charge in [-0.15, -0.1) is 11.3 Å². The molecule has 0 amide bonds. The number of benzene rings is 21. The van der Waals surface area contributed by atoms with Crippen LogP contribution in [-0.2, 0) is 21.7 Å². The predicted octanol–water partition coefficient (Wildman–Crippen LogP) is 36.1. The van der Waals surface area contributed by atoms with Crippen molar-refractivity contribution in [2.24, 2.45) is 0 Å². The molecule has 0 radical (unpaired) electrons. The highest BCUT2D eigenvalue weighted by molar-refractivity contribution is 7.26. The minimum absolute atomic E-state index is 0.0545. The summed E-state index contributed by atoms with van der Waals surface area (Å²) in [4.78, 5) is 33.1. The molecule has 29 aromatic rings. The molecule has 0 spiro atoms. The van der Waals surface area contributed by atoms with Crippen LogP contribution in [0.25, 0.3) is 269 Å². The van der Waals surface area contributed by atoms with E-state index in [1.807, 2.05) is 18.2 Å². The van der Waals surface area contributed by atoms with Crippen molar-refractivity contribution in [2.75, 3.05) is 0 Å². The second-order valence-corrected chi connectivity index (χ2v) is 44.1. The molecule has 0 saturated carbocycles. The van der Waals surface area contributed by atoms with Gasteiger partial charge in [-0.1, -0.05) is 389 Å². The lowest BCUT2D eigenvalue weighted by Crippen LogP contribution is -2.18. The van der Waals surface area contributed by atoms with E-state index in [9.17, 15) is 0 Å². The third kappa shape index (κ3) is 12.3. The van der Waals surface area contributed by atoms with Crippen LogP contribution < -0.4 is 0 Å². The maximum absolute atomic E-state index is 6.61. The molecule has 8 aromatic heterocycles. The molecule has 21 aromatic carbocycles. The van der Waals surface area contributed by atoms with Crippen LogP contribution in [0, 0.1) is 0 Å². The fourth-order valence-electron chi connectivity index (χ4n) is 26.2. The van der Waals surface area contributed by atoms with Crippen molar-refractivity contribution in [3.8, 4) is 96.3 Å². The lowest BCUT2D eigenvalue weighted by Gasteiger charge is -2.24. The average Bonchev–Trinajstić information content (AvgIpc) is 1.54. The van der Waals surface area contributed by atoms with Gasteiger partial charge in [0.2, 0.25) is 17.8 Å². The van der Waals surface area contributed by atoms with Crippen molar-refractivity contribution in [3.63, 3.8) is 0 Å². The SMILES string of the molecule is CC1(C)c2ccccc2-c2cc(-c3nc(-n4c5cc6ccccc6cc5c5cc6ccccc6cc54)nc4c3C(C)(C)c3ccccc3-4)ccc21.CC1(C)c2ccccc2-c2cc(-c3nc(-n4c5cc6ccccc6cc5c5ccc6ccccc6c54)nc4c3oc3ccccc34)ccc21.CC1(C)c2ccccc2-c2cc(-c3nc(-n4c5cc6ccccc6cc5c5ccc6ccccc6c54)nc4c3sc3ccccc34)ccc21. The molecule has 4 aliphatic rings. The van der Waals surface area contributed by atoms with E-state index in [0.717, 1.165) is 105 Å². The molecule has 149 heavy (non-hydrogen) atoms. The molecule has 0 aliphatic heterocycles. The number of hydrogen-bond donors (Lipinski definition) is 0. The third-order valence-corrected chi connectivity index (χ3v) is 34.7. The predicted molar refractivity (Wildman–Crippen MR) is 621 cm³/mol. The summed E-state index contributed by atoms with van der Waals surface area (Å²) in [6.45, 7) is 18.6. The lowest BCUT2D eigenvalue weighted by molar-refractivity contribution is 0.656. The molecule has 33 rings (SSSR count). The van der Waals surface area contributed by atoms with Crippen molar-refractivity contribution < 1.29 is 4.42 Å². The Balaban J connectivity index is 0.000000101. The standard InChI is InChI=1S/C48H35N3.C45H29N3O.C45H29N3S/c1-47(2)38-19-11-9-17-33(38)35-25-32(21-22-40(35)47)44-43-45(34-18-10-12-20-39(34)48(43,3)4)50-46(49-44)51-41-26-30-15-7-5-13-28(30)23-36(41)37-24-29-14-6-8-16-31(29)27-42(37)51;2*1-45(2)36-17-9-7-15-31(36)34-24-29(20-22-37(34)45)40-43-41(33-16-8-10-18-39(33)49-43)47-44(46-40)48-38-25-28-13-4-3-12-27(28)23-35(38)32-21-19-26-11-5-6-14-30(26)42(32)48/h5-27H,1-4H3;2*3-25H,1-2H3. The minimum atomic E-state index is -0.275. The second kappa shape index (κ2) is 31.2. The van der Waals surface area contributed by atoms with Gasteiger partial charge in [0.05, 0.1) is 60.4 Å². The monoisotopic (exact) mass is 1920 g/mol. The van der Waals surface area contributed by atoms with Gasteiger partial charge in [0.15, 0.2) is 5.58 Å². The van der Waals surface area contributed by atoms with Gasteiger partial charge in [0.25, 0.3) is 0 Å². The number of aromatic nitrogens is 9. The molecule has 0 N–H and O–H groups in total. The summed E-state index contributed by atoms with van der Waals surface area (Å²) >= 11 is 1.79. The molecular weight excluding hydrogens is 1830 g/mol. The average molecular weight is 1930 g/mol. The Labute approximate surface area is 861 Å². The molecule has 0 unspecified atom stereocenters. The molecule has 702 valence electrons. The number of nitrogens with zero attached hydrogens (tertiary/aromatic N) is 9. The third-order valence-electron chi connectivity index (χ3n) is 33.5. The van der Waals surface area contributed by atoms with Crippen LogP contribution in [-0.4, -0.2) is 43.6 Å². The summed E-state index contributed by atoms with van der Waals surface area (Å²) in [7, 11) is 0. The van der Waals surface area contributed by atoms with E-state index in [0.29, 0.717) is 23.4 Å². The van der Waals surface area contributed by atoms with E-state index in [1.165, 1.54) is 185 Å². The van der Waals surface area contributed by atoms with Gasteiger partial charge >= 0.3 is 0 Å². The fourth-order valence-corrected chi connectivity index (χ4v) is 27.4. The molecule has 11 heteroatoms. The van der Waals surface area contributed by atoms with E-state index in [2.05, 4.69) is 469 Å². The first kappa shape index (κ1) is 85.3. The summed E-state index contributed by atoms with van der Waals surface area (Å²) in [6.07, 6.45) is 0. The molecule has 0 fully saturated rings. The van der Waals surface area contributed by atoms with E-state index >= 15 is 0 Å². The summed E-state index contributed by atoms with van der Waals surface area (Å²) in [5.41, 5.74) is 36.1. The molecule has 4 aliphatic carbocycles. The van der Waals surface area contributed by atoms with Crippen LogP contribution in [0.4, 0.5) is 0 Å². The van der Waals surface area contributed by atoms with Crippen LogP contribution in [0.1, 0.15) is 99.9 Å². The Morgan fingerprint density at radius 1 is 0.215 bits per heavy atom. The van der Waals surface area contributed by atoms with Crippen molar-refractivity contribution >= 4 is 184 Å². The van der Waals surface area contributed by atoms with Gasteiger partial charge in [-0.2, -0.15) is 0 Å². The van der Waals surface area contributed by atoms with Crippen molar-refractivity contribution in [1.82, 2.24) is 43.6 Å². The second-order valence-electron chi connectivity index (χ2n) is 43.1. The molecule has 10 nitrogen and oxygen atoms in total. The van der Waals surface area contributed by atoms with Crippen LogP contribution >= 0.6 is 11.3 Å². The highest BCUT2D eigenvalue weighted by Crippen LogP contribution is 2.58. The summed E-state index contributed by atoms with van der Waals surface area (Å²) in [5, 5.41) is 23.7. The largest absolute Gasteiger partial charge is 0.452 e. The van der Waals surface area contributed by atoms with Crippen LogP contribution in [0.15, 0.2) is 423 Å². The Morgan fingerprint density at radius 2 is 0.537 bits per heavy atom. The van der Waals surface area contributed by atoms with Gasteiger partial charge in [-0.05, 0) is 211 Å². The maximum atomic E-state index is 6.61. The van der Waals surface area contributed by atoms with Gasteiger partial charge in [0, 0.05) is 108 Å². The minimum Gasteiger partial charge on any atom is -0.452 e.